The van der Waals surface area contributed by atoms with Crippen molar-refractivity contribution in [1.29, 1.82) is 0 Å². The molecule has 0 radical (unpaired) electrons. The highest BCUT2D eigenvalue weighted by Crippen LogP contribution is 2.30. The zero-order chi connectivity index (χ0) is 19.9. The zero-order valence-corrected chi connectivity index (χ0v) is 16.6. The Hall–Kier alpha value is -1.75. The summed E-state index contributed by atoms with van der Waals surface area (Å²) < 4.78 is 7.86. The summed E-state index contributed by atoms with van der Waals surface area (Å²) in [5.41, 5.74) is 0.0251. The molecule has 0 fully saturated rings. The number of amides is 1. The lowest BCUT2D eigenvalue weighted by atomic mass is 10.2. The van der Waals surface area contributed by atoms with Gasteiger partial charge in [0.2, 0.25) is 3.79 Å². The highest BCUT2D eigenvalue weighted by Gasteiger charge is 2.35. The molecule has 0 aliphatic heterocycles. The number of methoxy groups -OCH3 is 1. The molecule has 0 aromatic heterocycles. The number of ether oxygens (including phenoxy) is 2. The maximum atomic E-state index is 11.6. The molecule has 1 atom stereocenters. The minimum atomic E-state index is -1.97. The number of benzene rings is 1. The van der Waals surface area contributed by atoms with Gasteiger partial charge >= 0.3 is 6.09 Å². The number of nitro benzene ring substituents is 1. The molecule has 0 bridgehead atoms. The lowest BCUT2D eigenvalue weighted by Gasteiger charge is -2.27. The monoisotopic (exact) mass is 444 g/mol. The number of carbonyl (C=O) groups excluding carboxylic acids is 1. The summed E-state index contributed by atoms with van der Waals surface area (Å²) >= 11 is 22.5. The second-order valence-electron chi connectivity index (χ2n) is 4.58. The van der Waals surface area contributed by atoms with Gasteiger partial charge in [-0.1, -0.05) is 34.8 Å². The van der Waals surface area contributed by atoms with Crippen LogP contribution in [0.1, 0.15) is 6.92 Å². The van der Waals surface area contributed by atoms with Gasteiger partial charge in [-0.3, -0.25) is 15.4 Å². The Bertz CT molecular complexity index is 686. The third-order valence-corrected chi connectivity index (χ3v) is 3.66. The van der Waals surface area contributed by atoms with Gasteiger partial charge in [-0.2, -0.15) is 0 Å². The lowest BCUT2D eigenvalue weighted by Crippen LogP contribution is -2.56. The van der Waals surface area contributed by atoms with E-state index in [1.54, 1.807) is 6.92 Å². The molecular weight excluding hydrogens is 431 g/mol. The Balaban J connectivity index is 2.92. The summed E-state index contributed by atoms with van der Waals surface area (Å²) in [5, 5.41) is 18.4. The maximum absolute atomic E-state index is 11.6. The smallest absolute Gasteiger partial charge is 0.408 e. The third kappa shape index (κ3) is 6.87. The Morgan fingerprint density at radius 3 is 2.54 bits per heavy atom. The summed E-state index contributed by atoms with van der Waals surface area (Å²) in [6.45, 7) is 1.73. The number of hydrogen-bond acceptors (Lipinski definition) is 6. The molecule has 144 valence electrons. The number of anilines is 1. The van der Waals surface area contributed by atoms with E-state index in [0.29, 0.717) is 5.75 Å². The number of nitrogens with zero attached hydrogens (tertiary/aromatic N) is 1. The molecule has 1 amide bonds. The second-order valence-corrected chi connectivity index (χ2v) is 7.36. The quantitative estimate of drug-likeness (QED) is 0.201. The molecule has 9 nitrogen and oxygen atoms in total. The van der Waals surface area contributed by atoms with Gasteiger partial charge in [0.05, 0.1) is 24.3 Å². The normalized spacial score (nSPS) is 11.9. The number of non-ortho nitro benzene ring substituents is 1. The third-order valence-electron chi connectivity index (χ3n) is 2.78. The minimum absolute atomic E-state index is 0.0862. The van der Waals surface area contributed by atoms with Gasteiger partial charge in [0.25, 0.3) is 5.69 Å². The van der Waals surface area contributed by atoms with Crippen LogP contribution in [-0.2, 0) is 4.74 Å². The van der Waals surface area contributed by atoms with Crippen LogP contribution in [0.25, 0.3) is 0 Å². The molecule has 26 heavy (non-hydrogen) atoms. The van der Waals surface area contributed by atoms with E-state index < -0.39 is 21.0 Å². The number of nitrogens with one attached hydrogen (secondary N) is 3. The fourth-order valence-electron chi connectivity index (χ4n) is 1.69. The molecule has 0 heterocycles. The van der Waals surface area contributed by atoms with Gasteiger partial charge < -0.3 is 20.1 Å². The van der Waals surface area contributed by atoms with Gasteiger partial charge in [-0.15, -0.1) is 0 Å². The van der Waals surface area contributed by atoms with Crippen LogP contribution in [0.5, 0.6) is 5.75 Å². The van der Waals surface area contributed by atoms with Gasteiger partial charge in [0.15, 0.2) is 11.3 Å². The van der Waals surface area contributed by atoms with Gasteiger partial charge in [0.1, 0.15) is 5.75 Å². The first kappa shape index (κ1) is 22.3. The maximum Gasteiger partial charge on any atom is 0.408 e. The van der Waals surface area contributed by atoms with E-state index >= 15 is 0 Å². The van der Waals surface area contributed by atoms with Crippen LogP contribution in [0.2, 0.25) is 0 Å². The fourth-order valence-corrected chi connectivity index (χ4v) is 2.24. The molecule has 1 rings (SSSR count). The molecule has 13 heteroatoms. The number of alkyl halides is 3. The van der Waals surface area contributed by atoms with Crippen LogP contribution >= 0.6 is 47.0 Å². The molecule has 0 spiro atoms. The van der Waals surface area contributed by atoms with Crippen molar-refractivity contribution >= 4 is 69.6 Å². The predicted octanol–water partition coefficient (Wildman–Crippen LogP) is 3.33. The van der Waals surface area contributed by atoms with Crippen molar-refractivity contribution < 1.29 is 19.2 Å². The number of carbonyl (C=O) groups is 1. The predicted molar refractivity (Wildman–Crippen MR) is 103 cm³/mol. The van der Waals surface area contributed by atoms with Crippen LogP contribution in [0.4, 0.5) is 16.2 Å². The van der Waals surface area contributed by atoms with E-state index in [9.17, 15) is 14.9 Å². The summed E-state index contributed by atoms with van der Waals surface area (Å²) in [5.74, 6) is 0.295. The van der Waals surface area contributed by atoms with Crippen LogP contribution < -0.4 is 20.7 Å². The SMILES string of the molecule is CCOC(=O)NC(NC(=S)Nc1cc([N+](=O)[O-])ccc1OC)C(Cl)(Cl)Cl. The van der Waals surface area contributed by atoms with Crippen molar-refractivity contribution in [2.75, 3.05) is 19.0 Å². The Kier molecular flexibility index (Phi) is 8.41. The summed E-state index contributed by atoms with van der Waals surface area (Å²) in [6.07, 6.45) is -2.07. The van der Waals surface area contributed by atoms with E-state index in [2.05, 4.69) is 16.0 Å². The second kappa shape index (κ2) is 9.81. The number of alkyl carbamates (subject to hydrolysis) is 1. The number of nitro groups is 1. The van der Waals surface area contributed by atoms with Gasteiger partial charge in [-0.25, -0.2) is 4.79 Å². The highest BCUT2D eigenvalue weighted by molar-refractivity contribution is 7.80. The minimum Gasteiger partial charge on any atom is -0.495 e. The fraction of sp³-hybridized carbons (Fsp3) is 0.385. The van der Waals surface area contributed by atoms with Crippen LogP contribution in [0.15, 0.2) is 18.2 Å². The lowest BCUT2D eigenvalue weighted by molar-refractivity contribution is -0.384. The van der Waals surface area contributed by atoms with Crippen molar-refractivity contribution in [2.45, 2.75) is 16.9 Å². The Morgan fingerprint density at radius 1 is 1.38 bits per heavy atom. The number of thiocarbonyl (C=S) groups is 1. The number of halogens is 3. The van der Waals surface area contributed by atoms with Crippen molar-refractivity contribution in [1.82, 2.24) is 10.6 Å². The topological polar surface area (TPSA) is 115 Å². The molecule has 0 aliphatic rings. The van der Waals surface area contributed by atoms with Gasteiger partial charge in [-0.05, 0) is 25.2 Å². The molecule has 1 aromatic carbocycles. The highest BCUT2D eigenvalue weighted by atomic mass is 35.6. The first-order valence-electron chi connectivity index (χ1n) is 6.98. The van der Waals surface area contributed by atoms with Crippen molar-refractivity contribution in [3.8, 4) is 5.75 Å². The van der Waals surface area contributed by atoms with Gasteiger partial charge in [0, 0.05) is 12.1 Å². The van der Waals surface area contributed by atoms with Crippen LogP contribution in [0.3, 0.4) is 0 Å². The van der Waals surface area contributed by atoms with Crippen molar-refractivity contribution in [3.05, 3.63) is 28.3 Å². The number of rotatable bonds is 6. The molecule has 1 unspecified atom stereocenters. The number of hydrogen-bond donors (Lipinski definition) is 3. The van der Waals surface area contributed by atoms with Crippen molar-refractivity contribution in [2.24, 2.45) is 0 Å². The average Bonchev–Trinajstić information content (AvgIpc) is 2.53. The molecule has 1 aromatic rings. The first-order valence-corrected chi connectivity index (χ1v) is 8.52. The average molecular weight is 446 g/mol. The summed E-state index contributed by atoms with van der Waals surface area (Å²) in [7, 11) is 1.38. The molecule has 0 aliphatic carbocycles. The van der Waals surface area contributed by atoms with E-state index in [1.165, 1.54) is 25.3 Å². The van der Waals surface area contributed by atoms with Crippen LogP contribution in [-0.4, -0.2) is 39.8 Å². The molecule has 0 saturated heterocycles. The molecule has 0 saturated carbocycles. The van der Waals surface area contributed by atoms with Crippen LogP contribution in [0, 0.1) is 10.1 Å². The molecule has 3 N–H and O–H groups in total. The van der Waals surface area contributed by atoms with E-state index in [4.69, 9.17) is 56.5 Å². The standard InChI is InChI=1S/C13H15Cl3N4O5S/c1-3-25-12(21)19-10(13(14,15)16)18-11(26)17-8-6-7(20(22)23)4-5-9(8)24-2/h4-6,10H,3H2,1-2H3,(H,19,21)(H2,17,18,26). The summed E-state index contributed by atoms with van der Waals surface area (Å²) in [6, 6.07) is 3.88. The Morgan fingerprint density at radius 2 is 2.04 bits per heavy atom. The van der Waals surface area contributed by atoms with Crippen molar-refractivity contribution in [3.63, 3.8) is 0 Å². The van der Waals surface area contributed by atoms with E-state index in [1.807, 2.05) is 0 Å². The largest absolute Gasteiger partial charge is 0.495 e. The Labute approximate surface area is 169 Å². The molecular formula is C13H15Cl3N4O5S. The summed E-state index contributed by atoms with van der Waals surface area (Å²) in [4.78, 5) is 21.9. The van der Waals surface area contributed by atoms with E-state index in [0.717, 1.165) is 0 Å². The van der Waals surface area contributed by atoms with E-state index in [-0.39, 0.29) is 23.1 Å². The first-order chi connectivity index (χ1) is 12.1. The zero-order valence-electron chi connectivity index (χ0n) is 13.5.